The van der Waals surface area contributed by atoms with Crippen LogP contribution in [0.1, 0.15) is 344 Å². The Morgan fingerprint density at radius 2 is 0.403 bits per heavy atom. The van der Waals surface area contributed by atoms with Gasteiger partial charge in [0.15, 0.2) is 0 Å². The molecular weight excluding hydrogens is 825 g/mol. The molecule has 0 bridgehead atoms. The highest BCUT2D eigenvalue weighted by Gasteiger charge is 2.03. The van der Waals surface area contributed by atoms with Crippen LogP contribution in [0.3, 0.4) is 0 Å². The van der Waals surface area contributed by atoms with E-state index in [-0.39, 0.29) is 0 Å². The van der Waals surface area contributed by atoms with Crippen LogP contribution in [0.2, 0.25) is 0 Å². The van der Waals surface area contributed by atoms with Gasteiger partial charge in [-0.3, -0.25) is 0 Å². The molecule has 0 unspecified atom stereocenters. The molecule has 6 heteroatoms. The van der Waals surface area contributed by atoms with Crippen molar-refractivity contribution in [3.05, 3.63) is 0 Å². The first-order chi connectivity index (χ1) is 32.6. The van der Waals surface area contributed by atoms with E-state index in [1.165, 1.54) is 328 Å². The van der Waals surface area contributed by atoms with Crippen LogP contribution in [0.15, 0.2) is 0 Å². The SMILES string of the molecule is CC(=O)[O-].CC(=O)[O-].CCCCCCCCCCCCCCCCCCN(CC)CCCCCCCCCCCC.CCCCCCCCCCCCN(C)CCCCCCCCCCCC. The third kappa shape index (κ3) is 85.2. The summed E-state index contributed by atoms with van der Waals surface area (Å²) in [5.74, 6) is -2.17. The summed E-state index contributed by atoms with van der Waals surface area (Å²) in [6, 6.07) is 0. The summed E-state index contributed by atoms with van der Waals surface area (Å²) in [5.41, 5.74) is 0. The predicted molar refractivity (Wildman–Crippen MR) is 296 cm³/mol. The summed E-state index contributed by atoms with van der Waals surface area (Å²) in [5, 5.41) is 17.8. The number of carbonyl (C=O) groups excluding carboxylic acids is 2. The van der Waals surface area contributed by atoms with Crippen LogP contribution in [-0.2, 0) is 9.59 Å². The summed E-state index contributed by atoms with van der Waals surface area (Å²) >= 11 is 0. The Hall–Kier alpha value is -1.14. The molecule has 67 heavy (non-hydrogen) atoms. The molecule has 0 spiro atoms. The number of rotatable bonds is 51. The van der Waals surface area contributed by atoms with Gasteiger partial charge in [0.05, 0.1) is 0 Å². The zero-order chi connectivity index (χ0) is 50.4. The molecule has 0 aromatic carbocycles. The molecule has 0 saturated carbocycles. The van der Waals surface area contributed by atoms with E-state index in [2.05, 4.69) is 51.5 Å². The Bertz CT molecular complexity index is 826. The average molecular weight is 952 g/mol. The number of hydrogen-bond donors (Lipinski definition) is 0. The van der Waals surface area contributed by atoms with Crippen molar-refractivity contribution in [2.45, 2.75) is 344 Å². The van der Waals surface area contributed by atoms with Crippen LogP contribution >= 0.6 is 0 Å². The van der Waals surface area contributed by atoms with E-state index in [0.717, 1.165) is 13.8 Å². The smallest absolute Gasteiger partial charge is 0.0383 e. The zero-order valence-electron chi connectivity index (χ0n) is 47.6. The molecule has 0 aromatic rings. The lowest BCUT2D eigenvalue weighted by Crippen LogP contribution is -2.25. The standard InChI is InChI=1S/C32H67N.C25H53N.2C2H4O2/c1-4-7-9-11-13-15-17-18-19-20-21-22-24-26-28-30-32-33(6-3)31-29-27-25-23-16-14-12-10-8-5-2;1-4-6-8-10-12-14-16-18-20-22-24-26(3)25-23-21-19-17-15-13-11-9-7-5-2;2*1-2(3)4/h4-32H2,1-3H3;4-25H2,1-3H3;2*1H3,(H,3,4)/p-2. The number of carboxylic acid groups (broad SMARTS) is 2. The molecule has 0 rings (SSSR count). The van der Waals surface area contributed by atoms with Gasteiger partial charge in [-0.05, 0) is 79.3 Å². The molecule has 0 amide bonds. The Morgan fingerprint density at radius 1 is 0.269 bits per heavy atom. The van der Waals surface area contributed by atoms with E-state index >= 15 is 0 Å². The Balaban J connectivity index is -0.000000519. The number of aliphatic carboxylic acids is 2. The van der Waals surface area contributed by atoms with Gasteiger partial charge < -0.3 is 29.6 Å². The topological polar surface area (TPSA) is 86.7 Å². The monoisotopic (exact) mass is 951 g/mol. The van der Waals surface area contributed by atoms with Crippen LogP contribution in [0.5, 0.6) is 0 Å². The molecule has 406 valence electrons. The maximum Gasteiger partial charge on any atom is 0.0383 e. The largest absolute Gasteiger partial charge is 0.550 e. The van der Waals surface area contributed by atoms with Crippen LogP contribution < -0.4 is 10.2 Å². The molecule has 0 aromatic heterocycles. The van der Waals surface area contributed by atoms with E-state index in [4.69, 9.17) is 19.8 Å². The zero-order valence-corrected chi connectivity index (χ0v) is 47.6. The first-order valence-corrected chi connectivity index (χ1v) is 30.4. The van der Waals surface area contributed by atoms with Gasteiger partial charge in [0, 0.05) is 11.9 Å². The van der Waals surface area contributed by atoms with E-state index < -0.39 is 11.9 Å². The molecule has 0 N–H and O–H groups in total. The number of nitrogens with zero attached hydrogens (tertiary/aromatic N) is 2. The molecular formula is C61H126N2O4-2. The second-order valence-corrected chi connectivity index (χ2v) is 20.6. The average Bonchev–Trinajstić information content (AvgIpc) is 3.29. The van der Waals surface area contributed by atoms with Crippen molar-refractivity contribution < 1.29 is 19.8 Å². The van der Waals surface area contributed by atoms with Crippen molar-refractivity contribution in [1.82, 2.24) is 9.80 Å². The maximum absolute atomic E-state index is 8.89. The highest BCUT2D eigenvalue weighted by atomic mass is 16.4. The van der Waals surface area contributed by atoms with E-state index in [0.29, 0.717) is 0 Å². The maximum atomic E-state index is 8.89. The lowest BCUT2D eigenvalue weighted by atomic mass is 10.0. The number of carbonyl (C=O) groups is 2. The quantitative estimate of drug-likeness (QED) is 0.0565. The fourth-order valence-corrected chi connectivity index (χ4v) is 8.98. The minimum Gasteiger partial charge on any atom is -0.550 e. The minimum absolute atomic E-state index is 0.972. The third-order valence-electron chi connectivity index (χ3n) is 13.4. The van der Waals surface area contributed by atoms with Gasteiger partial charge in [0.2, 0.25) is 0 Å². The van der Waals surface area contributed by atoms with Crippen molar-refractivity contribution in [3.8, 4) is 0 Å². The molecule has 0 aliphatic heterocycles. The minimum atomic E-state index is -1.08. The van der Waals surface area contributed by atoms with E-state index in [9.17, 15) is 0 Å². The van der Waals surface area contributed by atoms with Crippen molar-refractivity contribution in [3.63, 3.8) is 0 Å². The molecule has 6 nitrogen and oxygen atoms in total. The molecule has 0 saturated heterocycles. The Kier molecular flexibility index (Phi) is 74.7. The molecule has 0 aliphatic rings. The second-order valence-electron chi connectivity index (χ2n) is 20.6. The van der Waals surface area contributed by atoms with Gasteiger partial charge in [-0.25, -0.2) is 0 Å². The fourth-order valence-electron chi connectivity index (χ4n) is 8.98. The summed E-state index contributed by atoms with van der Waals surface area (Å²) in [7, 11) is 2.32. The van der Waals surface area contributed by atoms with Crippen molar-refractivity contribution >= 4 is 11.9 Å². The summed E-state index contributed by atoms with van der Waals surface area (Å²) in [4.78, 5) is 23.0. The molecule has 0 fully saturated rings. The highest BCUT2D eigenvalue weighted by Crippen LogP contribution is 2.16. The number of unbranched alkanes of at least 4 members (excludes halogenated alkanes) is 42. The molecule has 0 atom stereocenters. The number of hydrogen-bond acceptors (Lipinski definition) is 6. The first-order valence-electron chi connectivity index (χ1n) is 30.4. The highest BCUT2D eigenvalue weighted by molar-refractivity contribution is 5.60. The Morgan fingerprint density at radius 3 is 0.552 bits per heavy atom. The summed E-state index contributed by atoms with van der Waals surface area (Å²) in [6.07, 6.45) is 66.8. The van der Waals surface area contributed by atoms with E-state index in [1.807, 2.05) is 0 Å². The van der Waals surface area contributed by atoms with Gasteiger partial charge in [0.1, 0.15) is 0 Å². The van der Waals surface area contributed by atoms with Gasteiger partial charge >= 0.3 is 0 Å². The van der Waals surface area contributed by atoms with Gasteiger partial charge in [-0.2, -0.15) is 0 Å². The first kappa shape index (κ1) is 72.4. The van der Waals surface area contributed by atoms with Crippen LogP contribution in [0, 0.1) is 0 Å². The lowest BCUT2D eigenvalue weighted by Gasteiger charge is -2.20. The summed E-state index contributed by atoms with van der Waals surface area (Å²) < 4.78 is 0. The molecule has 0 radical (unpaired) electrons. The number of carboxylic acids is 2. The van der Waals surface area contributed by atoms with Crippen molar-refractivity contribution in [2.75, 3.05) is 39.8 Å². The van der Waals surface area contributed by atoms with E-state index in [1.54, 1.807) is 0 Å². The fraction of sp³-hybridized carbons (Fsp3) is 0.967. The normalized spacial score (nSPS) is 11.0. The molecule has 0 aliphatic carbocycles. The third-order valence-corrected chi connectivity index (χ3v) is 13.4. The van der Waals surface area contributed by atoms with Gasteiger partial charge in [-0.1, -0.05) is 304 Å². The predicted octanol–water partition coefficient (Wildman–Crippen LogP) is 17.8. The van der Waals surface area contributed by atoms with Crippen molar-refractivity contribution in [2.24, 2.45) is 0 Å². The van der Waals surface area contributed by atoms with Gasteiger partial charge in [-0.15, -0.1) is 0 Å². The lowest BCUT2D eigenvalue weighted by molar-refractivity contribution is -0.303. The van der Waals surface area contributed by atoms with Gasteiger partial charge in [0.25, 0.3) is 0 Å². The molecule has 0 heterocycles. The van der Waals surface area contributed by atoms with Crippen LogP contribution in [0.25, 0.3) is 0 Å². The van der Waals surface area contributed by atoms with Crippen LogP contribution in [0.4, 0.5) is 0 Å². The van der Waals surface area contributed by atoms with Crippen molar-refractivity contribution in [1.29, 1.82) is 0 Å². The summed E-state index contributed by atoms with van der Waals surface area (Å²) in [6.45, 7) is 20.1. The van der Waals surface area contributed by atoms with Crippen LogP contribution in [-0.4, -0.2) is 61.5 Å². The Labute approximate surface area is 423 Å². The second kappa shape index (κ2) is 69.1.